The van der Waals surface area contributed by atoms with Crippen LogP contribution in [-0.2, 0) is 26.9 Å². The van der Waals surface area contributed by atoms with E-state index in [0.29, 0.717) is 34.8 Å². The van der Waals surface area contributed by atoms with Gasteiger partial charge < -0.3 is 9.47 Å². The van der Waals surface area contributed by atoms with Crippen molar-refractivity contribution in [2.75, 3.05) is 31.8 Å². The Balaban J connectivity index is 2.18. The number of nitrogens with two attached hydrogens (primary N) is 1. The van der Waals surface area contributed by atoms with Crippen molar-refractivity contribution < 1.29 is 18.5 Å². The van der Waals surface area contributed by atoms with Gasteiger partial charge in [0.1, 0.15) is 20.9 Å². The summed E-state index contributed by atoms with van der Waals surface area (Å²) in [5.74, 6) is 0.653. The van der Waals surface area contributed by atoms with Crippen LogP contribution in [0.25, 0.3) is 0 Å². The zero-order chi connectivity index (χ0) is 19.1. The summed E-state index contributed by atoms with van der Waals surface area (Å²) < 4.78 is 22.6. The van der Waals surface area contributed by atoms with E-state index >= 15 is 0 Å². The Kier molecular flexibility index (Phi) is 7.70. The van der Waals surface area contributed by atoms with Crippen LogP contribution in [0.15, 0.2) is 28.5 Å². The summed E-state index contributed by atoms with van der Waals surface area (Å²) in [6.45, 7) is 4.97. The second kappa shape index (κ2) is 9.77. The first-order valence-electron chi connectivity index (χ1n) is 8.10. The van der Waals surface area contributed by atoms with Gasteiger partial charge in [-0.1, -0.05) is 23.5 Å². The number of amides is 1. The molecule has 0 radical (unpaired) electrons. The van der Waals surface area contributed by atoms with Crippen LogP contribution >= 0.6 is 11.3 Å². The summed E-state index contributed by atoms with van der Waals surface area (Å²) in [5, 5.41) is 5.95. The number of carbonyl (C=O) groups is 1. The molecule has 0 aliphatic carbocycles. The number of aromatic nitrogens is 1. The van der Waals surface area contributed by atoms with E-state index in [1.807, 2.05) is 31.2 Å². The Morgan fingerprint density at radius 2 is 2.04 bits per heavy atom. The molecule has 0 fully saturated rings. The summed E-state index contributed by atoms with van der Waals surface area (Å²) in [6.07, 6.45) is 0.218. The van der Waals surface area contributed by atoms with E-state index < -0.39 is 11.0 Å². The molecule has 1 aromatic heterocycles. The molecule has 142 valence electrons. The SMILES string of the molecule is CCOc1ccc(CC(=O)N(CCOC)c2nc(C)c(S(N)=O)s2)cc1. The first-order chi connectivity index (χ1) is 12.5. The summed E-state index contributed by atoms with van der Waals surface area (Å²) >= 11 is 1.17. The van der Waals surface area contributed by atoms with E-state index in [4.69, 9.17) is 14.6 Å². The largest absolute Gasteiger partial charge is 0.494 e. The van der Waals surface area contributed by atoms with Crippen molar-refractivity contribution in [3.63, 3.8) is 0 Å². The van der Waals surface area contributed by atoms with E-state index in [9.17, 15) is 9.00 Å². The Hall–Kier alpha value is -1.81. The van der Waals surface area contributed by atoms with Crippen LogP contribution < -0.4 is 14.8 Å². The number of anilines is 1. The van der Waals surface area contributed by atoms with Gasteiger partial charge in [0.05, 0.1) is 31.9 Å². The molecular formula is C17H23N3O4S2. The number of rotatable bonds is 9. The summed E-state index contributed by atoms with van der Waals surface area (Å²) in [4.78, 5) is 18.7. The Morgan fingerprint density at radius 1 is 1.35 bits per heavy atom. The zero-order valence-electron chi connectivity index (χ0n) is 15.1. The Bertz CT molecular complexity index is 762. The number of hydrogen-bond donors (Lipinski definition) is 1. The van der Waals surface area contributed by atoms with Gasteiger partial charge in [-0.25, -0.2) is 14.3 Å². The average Bonchev–Trinajstić information content (AvgIpc) is 2.99. The second-order valence-electron chi connectivity index (χ2n) is 5.46. The van der Waals surface area contributed by atoms with Gasteiger partial charge >= 0.3 is 0 Å². The van der Waals surface area contributed by atoms with Crippen molar-refractivity contribution in [2.24, 2.45) is 5.14 Å². The molecule has 2 rings (SSSR count). The molecule has 0 aliphatic heterocycles. The molecular weight excluding hydrogens is 374 g/mol. The van der Waals surface area contributed by atoms with Crippen LogP contribution in [-0.4, -0.2) is 42.0 Å². The minimum absolute atomic E-state index is 0.116. The predicted octanol–water partition coefficient (Wildman–Crippen LogP) is 2.05. The molecule has 0 spiro atoms. The molecule has 26 heavy (non-hydrogen) atoms. The molecule has 1 atom stereocenters. The molecule has 2 N–H and O–H groups in total. The fourth-order valence-electron chi connectivity index (χ4n) is 2.32. The minimum Gasteiger partial charge on any atom is -0.494 e. The lowest BCUT2D eigenvalue weighted by Gasteiger charge is -2.19. The third kappa shape index (κ3) is 5.34. The van der Waals surface area contributed by atoms with E-state index in [2.05, 4.69) is 4.98 Å². The standard InChI is InChI=1S/C17H23N3O4S2/c1-4-24-14-7-5-13(6-8-14)11-15(21)20(9-10-23-3)17-19-12(2)16(25-17)26(18)22/h5-8H,4,9-11,18H2,1-3H3. The highest BCUT2D eigenvalue weighted by molar-refractivity contribution is 7.85. The number of benzene rings is 1. The maximum Gasteiger partial charge on any atom is 0.233 e. The molecule has 1 aromatic carbocycles. The first kappa shape index (κ1) is 20.5. The number of ether oxygens (including phenoxy) is 2. The van der Waals surface area contributed by atoms with Crippen LogP contribution in [0.2, 0.25) is 0 Å². The highest BCUT2D eigenvalue weighted by atomic mass is 32.2. The lowest BCUT2D eigenvalue weighted by atomic mass is 10.1. The van der Waals surface area contributed by atoms with E-state index in [1.165, 1.54) is 11.3 Å². The highest BCUT2D eigenvalue weighted by Crippen LogP contribution is 2.28. The van der Waals surface area contributed by atoms with Gasteiger partial charge in [-0.05, 0) is 31.5 Å². The fourth-order valence-corrected chi connectivity index (χ4v) is 4.05. The van der Waals surface area contributed by atoms with Gasteiger partial charge in [-0.2, -0.15) is 0 Å². The smallest absolute Gasteiger partial charge is 0.233 e. The van der Waals surface area contributed by atoms with Crippen LogP contribution in [0.5, 0.6) is 5.75 Å². The van der Waals surface area contributed by atoms with Crippen molar-refractivity contribution in [2.45, 2.75) is 24.5 Å². The molecule has 1 heterocycles. The molecule has 0 saturated carbocycles. The van der Waals surface area contributed by atoms with Gasteiger partial charge in [-0.3, -0.25) is 9.69 Å². The van der Waals surface area contributed by atoms with Crippen LogP contribution in [0.1, 0.15) is 18.2 Å². The fraction of sp³-hybridized carbons (Fsp3) is 0.412. The van der Waals surface area contributed by atoms with Crippen molar-refractivity contribution in [1.82, 2.24) is 4.98 Å². The molecule has 0 aliphatic rings. The molecule has 1 unspecified atom stereocenters. The lowest BCUT2D eigenvalue weighted by Crippen LogP contribution is -2.35. The highest BCUT2D eigenvalue weighted by Gasteiger charge is 2.22. The van der Waals surface area contributed by atoms with E-state index in [1.54, 1.807) is 18.9 Å². The van der Waals surface area contributed by atoms with Crippen molar-refractivity contribution in [3.05, 3.63) is 35.5 Å². The van der Waals surface area contributed by atoms with Gasteiger partial charge in [0.15, 0.2) is 5.13 Å². The number of methoxy groups -OCH3 is 1. The minimum atomic E-state index is -1.62. The van der Waals surface area contributed by atoms with Gasteiger partial charge in [-0.15, -0.1) is 0 Å². The topological polar surface area (TPSA) is 94.8 Å². The van der Waals surface area contributed by atoms with Gasteiger partial charge in [0, 0.05) is 7.11 Å². The molecule has 0 bridgehead atoms. The summed E-state index contributed by atoms with van der Waals surface area (Å²) in [6, 6.07) is 7.42. The van der Waals surface area contributed by atoms with E-state index in [-0.39, 0.29) is 12.3 Å². The quantitative estimate of drug-likeness (QED) is 0.699. The summed E-state index contributed by atoms with van der Waals surface area (Å²) in [5.41, 5.74) is 1.44. The molecule has 7 nitrogen and oxygen atoms in total. The number of aryl methyl sites for hydroxylation is 1. The Morgan fingerprint density at radius 3 is 2.58 bits per heavy atom. The van der Waals surface area contributed by atoms with Crippen molar-refractivity contribution >= 4 is 33.4 Å². The molecule has 1 amide bonds. The maximum absolute atomic E-state index is 12.8. The van der Waals surface area contributed by atoms with Crippen molar-refractivity contribution in [1.29, 1.82) is 0 Å². The summed E-state index contributed by atoms with van der Waals surface area (Å²) in [7, 11) is -0.0530. The van der Waals surface area contributed by atoms with Crippen LogP contribution in [0.4, 0.5) is 5.13 Å². The number of hydrogen-bond acceptors (Lipinski definition) is 6. The monoisotopic (exact) mass is 397 g/mol. The van der Waals surface area contributed by atoms with Crippen molar-refractivity contribution in [3.8, 4) is 5.75 Å². The maximum atomic E-state index is 12.8. The second-order valence-corrected chi connectivity index (χ2v) is 7.70. The molecule has 9 heteroatoms. The Labute approximate surface area is 159 Å². The van der Waals surface area contributed by atoms with Crippen LogP contribution in [0, 0.1) is 6.92 Å². The lowest BCUT2D eigenvalue weighted by molar-refractivity contribution is -0.118. The zero-order valence-corrected chi connectivity index (χ0v) is 16.7. The first-order valence-corrected chi connectivity index (χ1v) is 10.1. The van der Waals surface area contributed by atoms with Gasteiger partial charge in [0.25, 0.3) is 0 Å². The normalized spacial score (nSPS) is 12.0. The average molecular weight is 398 g/mol. The van der Waals surface area contributed by atoms with Gasteiger partial charge in [0.2, 0.25) is 5.91 Å². The molecule has 2 aromatic rings. The van der Waals surface area contributed by atoms with E-state index in [0.717, 1.165) is 11.3 Å². The number of nitrogens with zero attached hydrogens (tertiary/aromatic N) is 2. The molecule has 0 saturated heterocycles. The third-order valence-corrected chi connectivity index (χ3v) is 5.94. The third-order valence-electron chi connectivity index (χ3n) is 3.57. The van der Waals surface area contributed by atoms with Crippen LogP contribution in [0.3, 0.4) is 0 Å². The number of carbonyl (C=O) groups excluding carboxylic acids is 1. The predicted molar refractivity (Wildman–Crippen MR) is 103 cm³/mol. The number of thiazole rings is 1.